The van der Waals surface area contributed by atoms with E-state index in [9.17, 15) is 0 Å². The van der Waals surface area contributed by atoms with Gasteiger partial charge in [0.15, 0.2) is 5.16 Å². The van der Waals surface area contributed by atoms with E-state index in [4.69, 9.17) is 4.52 Å². The average molecular weight is 298 g/mol. The van der Waals surface area contributed by atoms with Crippen LogP contribution < -0.4 is 0 Å². The van der Waals surface area contributed by atoms with Gasteiger partial charge in [0.25, 0.3) is 0 Å². The second-order valence-electron chi connectivity index (χ2n) is 5.07. The highest BCUT2D eigenvalue weighted by Gasteiger charge is 2.31. The Balaban J connectivity index is 1.67. The molecule has 0 radical (unpaired) electrons. The van der Waals surface area contributed by atoms with Gasteiger partial charge < -0.3 is 4.52 Å². The normalized spacial score (nSPS) is 14.5. The van der Waals surface area contributed by atoms with Crippen molar-refractivity contribution in [2.75, 3.05) is 0 Å². The molecule has 1 saturated carbocycles. The lowest BCUT2D eigenvalue weighted by molar-refractivity contribution is 0.414. The minimum absolute atomic E-state index is 0.555. The van der Waals surface area contributed by atoms with Gasteiger partial charge >= 0.3 is 0 Å². The van der Waals surface area contributed by atoms with Crippen LogP contribution in [0.5, 0.6) is 0 Å². The quantitative estimate of drug-likeness (QED) is 0.675. The molecule has 4 rings (SSSR count). The summed E-state index contributed by atoms with van der Waals surface area (Å²) in [5.41, 5.74) is 2.03. The van der Waals surface area contributed by atoms with Gasteiger partial charge in [-0.1, -0.05) is 35.1 Å². The summed E-state index contributed by atoms with van der Waals surface area (Å²) in [4.78, 5) is 0. The summed E-state index contributed by atoms with van der Waals surface area (Å²) in [6, 6.07) is 12.2. The van der Waals surface area contributed by atoms with Crippen LogP contribution in [0.1, 0.15) is 30.3 Å². The molecule has 1 aromatic carbocycles. The van der Waals surface area contributed by atoms with Crippen molar-refractivity contribution in [2.24, 2.45) is 0 Å². The molecule has 2 aromatic heterocycles. The molecule has 0 aliphatic heterocycles. The van der Waals surface area contributed by atoms with Gasteiger partial charge in [0, 0.05) is 23.4 Å². The monoisotopic (exact) mass is 298 g/mol. The van der Waals surface area contributed by atoms with E-state index >= 15 is 0 Å². The summed E-state index contributed by atoms with van der Waals surface area (Å²) in [7, 11) is 0. The molecule has 2 heterocycles. The summed E-state index contributed by atoms with van der Waals surface area (Å²) in [5, 5.41) is 13.6. The lowest BCUT2D eigenvalue weighted by Gasteiger charge is -2.09. The van der Waals surface area contributed by atoms with Crippen LogP contribution in [0.2, 0.25) is 0 Å². The van der Waals surface area contributed by atoms with E-state index in [2.05, 4.69) is 32.1 Å². The highest BCUT2D eigenvalue weighted by molar-refractivity contribution is 7.98. The van der Waals surface area contributed by atoms with Crippen LogP contribution in [0.15, 0.2) is 52.3 Å². The van der Waals surface area contributed by atoms with Crippen molar-refractivity contribution in [3.05, 3.63) is 54.2 Å². The summed E-state index contributed by atoms with van der Waals surface area (Å²) in [6.45, 7) is 0. The molecule has 21 heavy (non-hydrogen) atoms. The van der Waals surface area contributed by atoms with Crippen LogP contribution in [0.4, 0.5) is 0 Å². The Bertz CT molecular complexity index is 719. The van der Waals surface area contributed by atoms with Gasteiger partial charge in [0.05, 0.1) is 5.69 Å². The Morgan fingerprint density at radius 2 is 2.00 bits per heavy atom. The molecule has 0 N–H and O–H groups in total. The number of hydrogen-bond donors (Lipinski definition) is 0. The van der Waals surface area contributed by atoms with Gasteiger partial charge in [-0.2, -0.15) is 0 Å². The molecule has 0 spiro atoms. The van der Waals surface area contributed by atoms with Crippen LogP contribution in [-0.2, 0) is 5.75 Å². The first-order valence-electron chi connectivity index (χ1n) is 6.94. The maximum Gasteiger partial charge on any atom is 0.196 e. The molecule has 1 fully saturated rings. The molecular formula is C15H14N4OS. The van der Waals surface area contributed by atoms with Crippen molar-refractivity contribution in [2.45, 2.75) is 29.7 Å². The average Bonchev–Trinajstić information content (AvgIpc) is 3.08. The lowest BCUT2D eigenvalue weighted by atomic mass is 10.3. The predicted octanol–water partition coefficient (Wildman–Crippen LogP) is 3.43. The van der Waals surface area contributed by atoms with Gasteiger partial charge in [-0.3, -0.25) is 4.57 Å². The maximum absolute atomic E-state index is 4.87. The molecule has 0 unspecified atom stereocenters. The Hall–Kier alpha value is -2.08. The second kappa shape index (κ2) is 5.37. The Labute approximate surface area is 126 Å². The topological polar surface area (TPSA) is 56.7 Å². The number of para-hydroxylation sites is 1. The number of rotatable bonds is 5. The minimum atomic E-state index is 0.555. The van der Waals surface area contributed by atoms with Crippen LogP contribution in [0.3, 0.4) is 0 Å². The van der Waals surface area contributed by atoms with Crippen molar-refractivity contribution in [1.82, 2.24) is 19.9 Å². The first kappa shape index (κ1) is 12.6. The van der Waals surface area contributed by atoms with Crippen molar-refractivity contribution in [1.29, 1.82) is 0 Å². The molecule has 1 aliphatic carbocycles. The third kappa shape index (κ3) is 2.58. The molecule has 0 bridgehead atoms. The molecule has 106 valence electrons. The highest BCUT2D eigenvalue weighted by atomic mass is 32.2. The van der Waals surface area contributed by atoms with E-state index < -0.39 is 0 Å². The van der Waals surface area contributed by atoms with Gasteiger partial charge in [0.1, 0.15) is 12.1 Å². The maximum atomic E-state index is 4.87. The highest BCUT2D eigenvalue weighted by Crippen LogP contribution is 2.41. The molecule has 5 nitrogen and oxygen atoms in total. The summed E-state index contributed by atoms with van der Waals surface area (Å²) in [5.74, 6) is 2.36. The standard InChI is InChI=1S/C15H14N4OS/c1-2-4-13(5-3-1)19-14(11-6-7-11)16-17-15(19)21-10-12-8-9-20-18-12/h1-5,8-9,11H,6-7,10H2. The lowest BCUT2D eigenvalue weighted by Crippen LogP contribution is -2.01. The summed E-state index contributed by atoms with van der Waals surface area (Å²) >= 11 is 1.63. The molecule has 3 aromatic rings. The zero-order valence-corrected chi connectivity index (χ0v) is 12.2. The van der Waals surface area contributed by atoms with E-state index in [-0.39, 0.29) is 0 Å². The van der Waals surface area contributed by atoms with E-state index in [0.717, 1.165) is 28.1 Å². The van der Waals surface area contributed by atoms with Crippen LogP contribution in [-0.4, -0.2) is 19.9 Å². The van der Waals surface area contributed by atoms with Crippen molar-refractivity contribution in [3.63, 3.8) is 0 Å². The van der Waals surface area contributed by atoms with Gasteiger partial charge in [-0.15, -0.1) is 10.2 Å². The zero-order valence-electron chi connectivity index (χ0n) is 11.3. The number of hydrogen-bond acceptors (Lipinski definition) is 5. The third-order valence-electron chi connectivity index (χ3n) is 3.46. The molecule has 0 amide bonds. The number of nitrogens with zero attached hydrogens (tertiary/aromatic N) is 4. The smallest absolute Gasteiger partial charge is 0.196 e. The van der Waals surface area contributed by atoms with Gasteiger partial charge in [-0.25, -0.2) is 0 Å². The first-order chi connectivity index (χ1) is 10.4. The largest absolute Gasteiger partial charge is 0.364 e. The first-order valence-corrected chi connectivity index (χ1v) is 7.93. The fourth-order valence-corrected chi connectivity index (χ4v) is 3.10. The van der Waals surface area contributed by atoms with E-state index in [1.807, 2.05) is 24.3 Å². The Morgan fingerprint density at radius 3 is 2.71 bits per heavy atom. The molecule has 0 atom stereocenters. The minimum Gasteiger partial charge on any atom is -0.364 e. The number of thioether (sulfide) groups is 1. The van der Waals surface area contributed by atoms with E-state index in [1.165, 1.54) is 12.8 Å². The van der Waals surface area contributed by atoms with Crippen LogP contribution >= 0.6 is 11.8 Å². The fourth-order valence-electron chi connectivity index (χ4n) is 2.25. The van der Waals surface area contributed by atoms with Gasteiger partial charge in [0.2, 0.25) is 0 Å². The molecule has 6 heteroatoms. The molecule has 1 aliphatic rings. The molecular weight excluding hydrogens is 284 g/mol. The van der Waals surface area contributed by atoms with Crippen molar-refractivity contribution >= 4 is 11.8 Å². The van der Waals surface area contributed by atoms with Crippen LogP contribution in [0, 0.1) is 0 Å². The second-order valence-corrected chi connectivity index (χ2v) is 6.01. The van der Waals surface area contributed by atoms with Crippen molar-refractivity contribution in [3.8, 4) is 5.69 Å². The van der Waals surface area contributed by atoms with E-state index in [0.29, 0.717) is 5.92 Å². The fraction of sp³-hybridized carbons (Fsp3) is 0.267. The summed E-state index contributed by atoms with van der Waals surface area (Å²) < 4.78 is 7.03. The number of benzene rings is 1. The summed E-state index contributed by atoms with van der Waals surface area (Å²) in [6.07, 6.45) is 4.01. The Morgan fingerprint density at radius 1 is 1.14 bits per heavy atom. The number of aromatic nitrogens is 4. The van der Waals surface area contributed by atoms with Crippen LogP contribution in [0.25, 0.3) is 5.69 Å². The third-order valence-corrected chi connectivity index (χ3v) is 4.42. The SMILES string of the molecule is c1ccc(-n2c(SCc3ccon3)nnc2C2CC2)cc1. The van der Waals surface area contributed by atoms with E-state index in [1.54, 1.807) is 18.0 Å². The van der Waals surface area contributed by atoms with Gasteiger partial charge in [-0.05, 0) is 25.0 Å². The molecule has 0 saturated heterocycles. The van der Waals surface area contributed by atoms with Crippen molar-refractivity contribution < 1.29 is 4.52 Å². The predicted molar refractivity (Wildman–Crippen MR) is 79.4 cm³/mol. The Kier molecular flexibility index (Phi) is 3.23. The zero-order chi connectivity index (χ0) is 14.1.